The van der Waals surface area contributed by atoms with Crippen LogP contribution >= 0.6 is 0 Å². The summed E-state index contributed by atoms with van der Waals surface area (Å²) in [6.45, 7) is 2.45. The summed E-state index contributed by atoms with van der Waals surface area (Å²) < 4.78 is 10.6. The predicted octanol–water partition coefficient (Wildman–Crippen LogP) is 4.67. The Bertz CT molecular complexity index is 780. The fraction of sp³-hybridized carbons (Fsp3) is 0.200. The Morgan fingerprint density at radius 1 is 1.12 bits per heavy atom. The molecule has 0 aromatic heterocycles. The lowest BCUT2D eigenvalue weighted by Gasteiger charge is -2.22. The van der Waals surface area contributed by atoms with Gasteiger partial charge in [0.2, 0.25) is 0 Å². The molecule has 0 bridgehead atoms. The molecular weight excluding hydrogens is 332 g/mol. The van der Waals surface area contributed by atoms with Crippen LogP contribution in [0.15, 0.2) is 72.6 Å². The standard InChI is InChI=1S/C20H22N2O4/c1-4-5-20(26-3)15-21(17-10-12-19(25-2)13-11-17)14-16-6-8-18(9-7-16)22(23)24/h4-13,15H,14H2,1-3H3/b5-4+,20-15+. The Hall–Kier alpha value is -3.28. The van der Waals surface area contributed by atoms with Crippen molar-refractivity contribution in [3.05, 3.63) is 88.3 Å². The van der Waals surface area contributed by atoms with Crippen LogP contribution < -0.4 is 9.64 Å². The van der Waals surface area contributed by atoms with E-state index in [0.717, 1.165) is 17.0 Å². The summed E-state index contributed by atoms with van der Waals surface area (Å²) in [5.74, 6) is 1.47. The van der Waals surface area contributed by atoms with Crippen molar-refractivity contribution in [2.45, 2.75) is 13.5 Å². The van der Waals surface area contributed by atoms with Gasteiger partial charge in [0.25, 0.3) is 5.69 Å². The third kappa shape index (κ3) is 5.11. The van der Waals surface area contributed by atoms with Crippen LogP contribution in [0.25, 0.3) is 0 Å². The summed E-state index contributed by atoms with van der Waals surface area (Å²) in [6, 6.07) is 14.2. The molecule has 26 heavy (non-hydrogen) atoms. The van der Waals surface area contributed by atoms with E-state index in [1.165, 1.54) is 12.1 Å². The lowest BCUT2D eigenvalue weighted by Crippen LogP contribution is -2.16. The second-order valence-electron chi connectivity index (χ2n) is 5.49. The van der Waals surface area contributed by atoms with E-state index in [9.17, 15) is 10.1 Å². The summed E-state index contributed by atoms with van der Waals surface area (Å²) in [6.07, 6.45) is 5.66. The van der Waals surface area contributed by atoms with Gasteiger partial charge in [-0.1, -0.05) is 18.2 Å². The van der Waals surface area contributed by atoms with Gasteiger partial charge in [0.15, 0.2) is 0 Å². The van der Waals surface area contributed by atoms with Gasteiger partial charge in [-0.05, 0) is 42.8 Å². The molecule has 2 aromatic rings. The number of hydrogen-bond donors (Lipinski definition) is 0. The first-order chi connectivity index (χ1) is 12.6. The molecule has 2 aromatic carbocycles. The van der Waals surface area contributed by atoms with Gasteiger partial charge in [-0.3, -0.25) is 10.1 Å². The van der Waals surface area contributed by atoms with Crippen LogP contribution in [0.1, 0.15) is 12.5 Å². The number of ether oxygens (including phenoxy) is 2. The molecule has 136 valence electrons. The van der Waals surface area contributed by atoms with Gasteiger partial charge >= 0.3 is 0 Å². The molecule has 2 rings (SSSR count). The Morgan fingerprint density at radius 3 is 2.27 bits per heavy atom. The van der Waals surface area contributed by atoms with Crippen LogP contribution in [0, 0.1) is 10.1 Å². The van der Waals surface area contributed by atoms with Crippen LogP contribution in [-0.2, 0) is 11.3 Å². The monoisotopic (exact) mass is 354 g/mol. The van der Waals surface area contributed by atoms with Crippen LogP contribution in [0.3, 0.4) is 0 Å². The fourth-order valence-electron chi connectivity index (χ4n) is 2.39. The van der Waals surface area contributed by atoms with Crippen molar-refractivity contribution < 1.29 is 14.4 Å². The molecule has 0 spiro atoms. The van der Waals surface area contributed by atoms with Gasteiger partial charge in [-0.2, -0.15) is 0 Å². The molecule has 0 fully saturated rings. The number of anilines is 1. The first-order valence-electron chi connectivity index (χ1n) is 8.10. The highest BCUT2D eigenvalue weighted by molar-refractivity contribution is 5.53. The fourth-order valence-corrected chi connectivity index (χ4v) is 2.39. The number of hydrogen-bond acceptors (Lipinski definition) is 5. The number of allylic oxidation sites excluding steroid dienone is 2. The number of nitro benzene ring substituents is 1. The van der Waals surface area contributed by atoms with E-state index in [0.29, 0.717) is 12.3 Å². The summed E-state index contributed by atoms with van der Waals surface area (Å²) in [5.41, 5.74) is 1.97. The van der Waals surface area contributed by atoms with Gasteiger partial charge in [-0.15, -0.1) is 0 Å². The minimum atomic E-state index is -0.403. The van der Waals surface area contributed by atoms with Gasteiger partial charge in [0.1, 0.15) is 11.5 Å². The van der Waals surface area contributed by atoms with E-state index >= 15 is 0 Å². The second-order valence-corrected chi connectivity index (χ2v) is 5.49. The van der Waals surface area contributed by atoms with E-state index in [4.69, 9.17) is 9.47 Å². The van der Waals surface area contributed by atoms with E-state index < -0.39 is 4.92 Å². The molecule has 0 saturated heterocycles. The Kier molecular flexibility index (Phi) is 6.79. The highest BCUT2D eigenvalue weighted by Gasteiger charge is 2.09. The minimum Gasteiger partial charge on any atom is -0.497 e. The smallest absolute Gasteiger partial charge is 0.269 e. The molecule has 0 heterocycles. The van der Waals surface area contributed by atoms with E-state index in [2.05, 4.69) is 0 Å². The molecule has 6 heteroatoms. The van der Waals surface area contributed by atoms with Crippen LogP contribution in [0.2, 0.25) is 0 Å². The molecule has 0 saturated carbocycles. The Morgan fingerprint density at radius 2 is 1.77 bits per heavy atom. The zero-order valence-corrected chi connectivity index (χ0v) is 15.1. The third-order valence-corrected chi connectivity index (χ3v) is 3.75. The zero-order chi connectivity index (χ0) is 18.9. The Labute approximate surface area is 153 Å². The van der Waals surface area contributed by atoms with Gasteiger partial charge in [0.05, 0.1) is 19.1 Å². The molecule has 6 nitrogen and oxygen atoms in total. The van der Waals surface area contributed by atoms with Crippen LogP contribution in [0.5, 0.6) is 5.75 Å². The molecule has 0 aliphatic heterocycles. The first-order valence-corrected chi connectivity index (χ1v) is 8.10. The third-order valence-electron chi connectivity index (χ3n) is 3.75. The summed E-state index contributed by atoms with van der Waals surface area (Å²) >= 11 is 0. The number of benzene rings is 2. The normalized spacial score (nSPS) is 11.4. The highest BCUT2D eigenvalue weighted by atomic mass is 16.6. The van der Waals surface area contributed by atoms with Crippen LogP contribution in [0.4, 0.5) is 11.4 Å². The predicted molar refractivity (Wildman–Crippen MR) is 102 cm³/mol. The molecule has 0 atom stereocenters. The molecule has 0 N–H and O–H groups in total. The quantitative estimate of drug-likeness (QED) is 0.298. The number of rotatable bonds is 8. The number of nitro groups is 1. The largest absolute Gasteiger partial charge is 0.497 e. The van der Waals surface area contributed by atoms with Gasteiger partial charge in [-0.25, -0.2) is 0 Å². The number of non-ortho nitro benzene ring substituents is 1. The molecule has 0 radical (unpaired) electrons. The number of nitrogens with zero attached hydrogens (tertiary/aromatic N) is 2. The molecule has 0 amide bonds. The van der Waals surface area contributed by atoms with Crippen molar-refractivity contribution in [3.63, 3.8) is 0 Å². The van der Waals surface area contributed by atoms with Crippen molar-refractivity contribution in [1.82, 2.24) is 0 Å². The average Bonchev–Trinajstić information content (AvgIpc) is 2.67. The summed E-state index contributed by atoms with van der Waals surface area (Å²) in [5, 5.41) is 10.8. The summed E-state index contributed by atoms with van der Waals surface area (Å²) in [4.78, 5) is 12.4. The molecule has 0 aliphatic rings. The first kappa shape index (κ1) is 19.1. The minimum absolute atomic E-state index is 0.0757. The average molecular weight is 354 g/mol. The molecular formula is C20H22N2O4. The highest BCUT2D eigenvalue weighted by Crippen LogP contribution is 2.23. The number of methoxy groups -OCH3 is 2. The van der Waals surface area contributed by atoms with Crippen molar-refractivity contribution in [3.8, 4) is 5.75 Å². The van der Waals surface area contributed by atoms with E-state index in [1.54, 1.807) is 26.4 Å². The molecule has 0 unspecified atom stereocenters. The lowest BCUT2D eigenvalue weighted by atomic mass is 10.2. The van der Waals surface area contributed by atoms with Crippen molar-refractivity contribution >= 4 is 11.4 Å². The SMILES string of the molecule is C/C=C/C(=C\N(Cc1ccc([N+](=O)[O-])cc1)c1ccc(OC)cc1)OC. The lowest BCUT2D eigenvalue weighted by molar-refractivity contribution is -0.384. The topological polar surface area (TPSA) is 64.8 Å². The molecule has 0 aliphatic carbocycles. The Balaban J connectivity index is 2.33. The van der Waals surface area contributed by atoms with Crippen molar-refractivity contribution in [2.75, 3.05) is 19.1 Å². The van der Waals surface area contributed by atoms with E-state index in [-0.39, 0.29) is 5.69 Å². The maximum atomic E-state index is 10.8. The maximum Gasteiger partial charge on any atom is 0.269 e. The van der Waals surface area contributed by atoms with Crippen molar-refractivity contribution in [1.29, 1.82) is 0 Å². The van der Waals surface area contributed by atoms with Crippen LogP contribution in [-0.4, -0.2) is 19.1 Å². The van der Waals surface area contributed by atoms with Gasteiger partial charge in [0, 0.05) is 30.6 Å². The second kappa shape index (κ2) is 9.27. The summed E-state index contributed by atoms with van der Waals surface area (Å²) in [7, 11) is 3.24. The zero-order valence-electron chi connectivity index (χ0n) is 15.1. The van der Waals surface area contributed by atoms with Crippen molar-refractivity contribution in [2.24, 2.45) is 0 Å². The maximum absolute atomic E-state index is 10.8. The van der Waals surface area contributed by atoms with Gasteiger partial charge < -0.3 is 14.4 Å². The van der Waals surface area contributed by atoms with E-state index in [1.807, 2.05) is 54.4 Å².